The van der Waals surface area contributed by atoms with Gasteiger partial charge in [0.05, 0.1) is 22.8 Å². The molecular formula is C21H25CuN9S2. The molecule has 0 amide bonds. The maximum Gasteiger partial charge on any atom is 2.00 e. The van der Waals surface area contributed by atoms with Crippen LogP contribution in [0.2, 0.25) is 0 Å². The van der Waals surface area contributed by atoms with E-state index in [1.165, 1.54) is 0 Å². The number of hydrogen-bond acceptors (Lipinski definition) is 9. The minimum absolute atomic E-state index is 0. The number of rotatable bonds is 7. The van der Waals surface area contributed by atoms with Crippen LogP contribution in [0.1, 0.15) is 13.8 Å². The van der Waals surface area contributed by atoms with Gasteiger partial charge in [-0.15, -0.1) is 0 Å². The Hall–Kier alpha value is -2.92. The average Bonchev–Trinajstić information content (AvgIpc) is 2.80. The molecule has 0 unspecified atom stereocenters. The summed E-state index contributed by atoms with van der Waals surface area (Å²) in [6.45, 7) is 3.52. The molecule has 0 saturated carbocycles. The number of nitrogens with zero attached hydrogens (tertiary/aromatic N) is 7. The van der Waals surface area contributed by atoms with E-state index in [1.54, 1.807) is 20.9 Å². The van der Waals surface area contributed by atoms with Crippen molar-refractivity contribution in [3.05, 3.63) is 48.5 Å². The molecule has 0 aliphatic carbocycles. The summed E-state index contributed by atoms with van der Waals surface area (Å²) in [5, 5.41) is 30.6. The van der Waals surface area contributed by atoms with E-state index in [-0.39, 0.29) is 27.4 Å². The van der Waals surface area contributed by atoms with Crippen molar-refractivity contribution >= 4 is 69.8 Å². The van der Waals surface area contributed by atoms with E-state index >= 15 is 0 Å². The van der Waals surface area contributed by atoms with Gasteiger partial charge in [-0.2, -0.15) is 30.6 Å². The Morgan fingerprint density at radius 1 is 0.727 bits per heavy atom. The van der Waals surface area contributed by atoms with E-state index in [1.807, 2.05) is 67.5 Å². The first-order chi connectivity index (χ1) is 15.3. The van der Waals surface area contributed by atoms with Gasteiger partial charge in [0.15, 0.2) is 0 Å². The van der Waals surface area contributed by atoms with Crippen molar-refractivity contribution < 1.29 is 17.1 Å². The van der Waals surface area contributed by atoms with Crippen molar-refractivity contribution in [3.63, 3.8) is 0 Å². The van der Waals surface area contributed by atoms with E-state index in [0.29, 0.717) is 11.4 Å². The predicted octanol–water partition coefficient (Wildman–Crippen LogP) is 4.35. The molecule has 33 heavy (non-hydrogen) atoms. The van der Waals surface area contributed by atoms with Gasteiger partial charge in [-0.25, -0.2) is 0 Å². The van der Waals surface area contributed by atoms with Crippen molar-refractivity contribution in [2.45, 2.75) is 13.8 Å². The number of nitrogens with one attached hydrogen (secondary N) is 2. The van der Waals surface area contributed by atoms with Crippen LogP contribution in [-0.2, 0) is 42.3 Å². The van der Waals surface area contributed by atoms with Crippen molar-refractivity contribution in [2.24, 2.45) is 30.6 Å². The number of hydrogen-bond donors (Lipinski definition) is 2. The van der Waals surface area contributed by atoms with Gasteiger partial charge in [-0.3, -0.25) is 0 Å². The number of amidine groups is 2. The van der Waals surface area contributed by atoms with Crippen LogP contribution >= 0.6 is 0 Å². The first-order valence-corrected chi connectivity index (χ1v) is 10.4. The third-order valence-corrected chi connectivity index (χ3v) is 4.55. The molecule has 9 nitrogen and oxygen atoms in total. The van der Waals surface area contributed by atoms with Gasteiger partial charge in [0, 0.05) is 37.7 Å². The van der Waals surface area contributed by atoms with Crippen molar-refractivity contribution in [1.82, 2.24) is 5.32 Å². The molecule has 2 rings (SSSR count). The monoisotopic (exact) mass is 530 g/mol. The fraction of sp³-hybridized carbons (Fsp3) is 0.238. The largest absolute Gasteiger partial charge is 2.00 e. The molecule has 2 aromatic rings. The van der Waals surface area contributed by atoms with Crippen LogP contribution < -0.4 is 15.5 Å². The zero-order valence-electron chi connectivity index (χ0n) is 18.9. The molecule has 0 aliphatic rings. The van der Waals surface area contributed by atoms with Gasteiger partial charge >= 0.3 is 17.1 Å². The summed E-state index contributed by atoms with van der Waals surface area (Å²) >= 11 is 10.1. The van der Waals surface area contributed by atoms with Crippen LogP contribution in [0.4, 0.5) is 22.7 Å². The Balaban J connectivity index is 0.00000544. The smallest absolute Gasteiger partial charge is 0.741 e. The summed E-state index contributed by atoms with van der Waals surface area (Å²) in [4.78, 5) is 2.03. The topological polar surface area (TPSA) is 101 Å². The zero-order chi connectivity index (χ0) is 23.5. The maximum absolute atomic E-state index is 5.22. The minimum Gasteiger partial charge on any atom is -0.741 e. The first kappa shape index (κ1) is 28.1. The number of benzene rings is 2. The second-order valence-corrected chi connectivity index (χ2v) is 7.49. The summed E-state index contributed by atoms with van der Waals surface area (Å²) in [7, 11) is 5.66. The molecule has 12 heteroatoms. The Morgan fingerprint density at radius 2 is 1.18 bits per heavy atom. The third kappa shape index (κ3) is 10.0. The Kier molecular flexibility index (Phi) is 12.2. The molecule has 2 N–H and O–H groups in total. The molecule has 0 spiro atoms. The summed E-state index contributed by atoms with van der Waals surface area (Å²) in [5.74, 6) is 0. The fourth-order valence-electron chi connectivity index (χ4n) is 2.13. The number of anilines is 2. The molecule has 1 radical (unpaired) electrons. The second kappa shape index (κ2) is 14.3. The normalized spacial score (nSPS) is 13.0. The van der Waals surface area contributed by atoms with Crippen LogP contribution in [-0.4, -0.2) is 42.9 Å². The van der Waals surface area contributed by atoms with Crippen molar-refractivity contribution in [2.75, 3.05) is 31.4 Å². The summed E-state index contributed by atoms with van der Waals surface area (Å²) in [6, 6.07) is 15.2. The van der Waals surface area contributed by atoms with Gasteiger partial charge in [0.25, 0.3) is 0 Å². The van der Waals surface area contributed by atoms with E-state index in [9.17, 15) is 0 Å². The first-order valence-electron chi connectivity index (χ1n) is 9.61. The molecule has 0 saturated heterocycles. The maximum atomic E-state index is 5.22. The molecule has 0 bridgehead atoms. The molecule has 0 aromatic heterocycles. The van der Waals surface area contributed by atoms with Crippen LogP contribution in [0.15, 0.2) is 79.2 Å². The van der Waals surface area contributed by atoms with Crippen LogP contribution in [0, 0.1) is 0 Å². The molecule has 0 fully saturated rings. The quantitative estimate of drug-likeness (QED) is 0.138. The van der Waals surface area contributed by atoms with Gasteiger partial charge in [0.1, 0.15) is 0 Å². The molecule has 0 atom stereocenters. The van der Waals surface area contributed by atoms with E-state index in [4.69, 9.17) is 25.3 Å². The summed E-state index contributed by atoms with van der Waals surface area (Å²) in [5.41, 5.74) is 4.53. The van der Waals surface area contributed by atoms with E-state index < -0.39 is 0 Å². The fourth-order valence-corrected chi connectivity index (χ4v) is 2.33. The second-order valence-electron chi connectivity index (χ2n) is 6.71. The van der Waals surface area contributed by atoms with Crippen LogP contribution in [0.5, 0.6) is 0 Å². The van der Waals surface area contributed by atoms with Gasteiger partial charge in [-0.1, -0.05) is 0 Å². The van der Waals surface area contributed by atoms with Gasteiger partial charge in [-0.05, 0) is 67.5 Å². The van der Waals surface area contributed by atoms with Crippen LogP contribution in [0.3, 0.4) is 0 Å². The van der Waals surface area contributed by atoms with E-state index in [2.05, 4.69) is 41.3 Å². The molecule has 177 valence electrons. The number of azo groups is 1. The van der Waals surface area contributed by atoms with Crippen molar-refractivity contribution in [1.29, 1.82) is 0 Å². The summed E-state index contributed by atoms with van der Waals surface area (Å²) < 4.78 is 0. The summed E-state index contributed by atoms with van der Waals surface area (Å²) in [6.07, 6.45) is 0. The van der Waals surface area contributed by atoms with Gasteiger partial charge < -0.3 is 40.8 Å². The Morgan fingerprint density at radius 3 is 1.64 bits per heavy atom. The molecule has 0 heterocycles. The van der Waals surface area contributed by atoms with Gasteiger partial charge in [0.2, 0.25) is 0 Å². The molecule has 0 aliphatic heterocycles. The van der Waals surface area contributed by atoms with Crippen molar-refractivity contribution in [3.8, 4) is 0 Å². The standard InChI is InChI=1S/C21H27N9S2.Cu/c1-14(24-28-20(31)22-3)15(2)25-29-21(32)23-16-6-8-17(9-7-16)26-27-18-10-12-19(13-11-18)30(4)5;/h6-13H,1-5H3,(H2,22,28,31)(H2,23,29,32);/q;+2/p-2/b24-14+,25-15+,27-26?;. The molecule has 2 aromatic carbocycles. The van der Waals surface area contributed by atoms with Crippen LogP contribution in [0.25, 0.3) is 0 Å². The van der Waals surface area contributed by atoms with E-state index in [0.717, 1.165) is 22.7 Å². The predicted molar refractivity (Wildman–Crippen MR) is 140 cm³/mol. The Labute approximate surface area is 216 Å². The third-order valence-electron chi connectivity index (χ3n) is 4.08. The SMILES string of the molecule is CN/C([S-])=N/N=C(C)/C(C)=N/N=C(\[S-])Nc1ccc(N=Nc2ccc(N(C)C)cc2)cc1.[Cu+2]. The molecular weight excluding hydrogens is 506 g/mol. The zero-order valence-corrected chi connectivity index (χ0v) is 21.4. The minimum atomic E-state index is 0. The Bertz CT molecular complexity index is 1040. The average molecular weight is 531 g/mol.